The van der Waals surface area contributed by atoms with Crippen molar-refractivity contribution in [3.8, 4) is 0 Å². The summed E-state index contributed by atoms with van der Waals surface area (Å²) in [5.74, 6) is 0. The summed E-state index contributed by atoms with van der Waals surface area (Å²) in [6.07, 6.45) is 6.44. The van der Waals surface area contributed by atoms with Gasteiger partial charge in [-0.3, -0.25) is 0 Å². The van der Waals surface area contributed by atoms with Crippen LogP contribution in [0.25, 0.3) is 0 Å². The molecule has 0 bridgehead atoms. The SMILES string of the molecule is O=[P+](n1cccn1)n1cccn1. The number of hydrogen-bond donors (Lipinski definition) is 0. The molecule has 0 spiro atoms. The lowest BCUT2D eigenvalue weighted by atomic mass is 10.8. The van der Waals surface area contributed by atoms with Crippen molar-refractivity contribution in [3.63, 3.8) is 0 Å². The first-order chi connectivity index (χ1) is 5.88. The molecule has 0 aliphatic heterocycles. The van der Waals surface area contributed by atoms with Gasteiger partial charge >= 0.3 is 8.10 Å². The summed E-state index contributed by atoms with van der Waals surface area (Å²) in [6, 6.07) is 3.44. The Morgan fingerprint density at radius 2 is 1.50 bits per heavy atom. The Labute approximate surface area is 69.5 Å². The van der Waals surface area contributed by atoms with Crippen LogP contribution in [-0.2, 0) is 4.57 Å². The minimum Gasteiger partial charge on any atom is -0.136 e. The van der Waals surface area contributed by atoms with Crippen molar-refractivity contribution >= 4 is 8.10 Å². The van der Waals surface area contributed by atoms with E-state index in [0.717, 1.165) is 0 Å². The molecular weight excluding hydrogens is 175 g/mol. The molecule has 0 aliphatic rings. The molecule has 0 atom stereocenters. The molecule has 2 rings (SSSR count). The van der Waals surface area contributed by atoms with Crippen LogP contribution < -0.4 is 0 Å². The van der Waals surface area contributed by atoms with E-state index in [1.807, 2.05) is 0 Å². The third-order valence-electron chi connectivity index (χ3n) is 1.33. The molecule has 0 saturated heterocycles. The standard InChI is InChI=1S/C6H6N4OP/c11-12(9-5-1-3-7-9)10-6-2-4-8-10/h1-6H/q+1. The Kier molecular flexibility index (Phi) is 1.72. The topological polar surface area (TPSA) is 52.7 Å². The van der Waals surface area contributed by atoms with E-state index in [1.165, 1.54) is 8.90 Å². The van der Waals surface area contributed by atoms with Crippen molar-refractivity contribution < 1.29 is 4.57 Å². The molecule has 0 unspecified atom stereocenters. The van der Waals surface area contributed by atoms with Gasteiger partial charge in [-0.15, -0.1) is 10.2 Å². The van der Waals surface area contributed by atoms with Crippen molar-refractivity contribution in [2.75, 3.05) is 0 Å². The molecule has 0 N–H and O–H groups in total. The molecule has 0 aliphatic carbocycles. The van der Waals surface area contributed by atoms with E-state index in [9.17, 15) is 4.57 Å². The first-order valence-corrected chi connectivity index (χ1v) is 4.51. The monoisotopic (exact) mass is 181 g/mol. The van der Waals surface area contributed by atoms with Crippen molar-refractivity contribution in [2.45, 2.75) is 0 Å². The van der Waals surface area contributed by atoms with E-state index >= 15 is 0 Å². The van der Waals surface area contributed by atoms with Crippen molar-refractivity contribution in [3.05, 3.63) is 36.9 Å². The molecular formula is C6H6N4OP+. The van der Waals surface area contributed by atoms with E-state index in [1.54, 1.807) is 36.9 Å². The zero-order valence-corrected chi connectivity index (χ0v) is 7.00. The predicted octanol–water partition coefficient (Wildman–Crippen LogP) is 1.13. The van der Waals surface area contributed by atoms with Gasteiger partial charge in [0.05, 0.1) is 24.8 Å². The maximum Gasteiger partial charge on any atom is 0.639 e. The van der Waals surface area contributed by atoms with Gasteiger partial charge < -0.3 is 0 Å². The molecule has 0 amide bonds. The highest BCUT2D eigenvalue weighted by Crippen LogP contribution is 2.22. The fraction of sp³-hybridized carbons (Fsp3) is 0. The van der Waals surface area contributed by atoms with Gasteiger partial charge in [-0.25, -0.2) is 0 Å². The summed E-state index contributed by atoms with van der Waals surface area (Å²) in [5.41, 5.74) is 0. The average Bonchev–Trinajstić information content (AvgIpc) is 2.77. The minimum atomic E-state index is -1.74. The molecule has 0 radical (unpaired) electrons. The van der Waals surface area contributed by atoms with Crippen LogP contribution in [-0.4, -0.2) is 19.1 Å². The highest BCUT2D eigenvalue weighted by atomic mass is 31.1. The van der Waals surface area contributed by atoms with E-state index < -0.39 is 8.10 Å². The van der Waals surface area contributed by atoms with Crippen LogP contribution in [0.2, 0.25) is 0 Å². The molecule has 2 aromatic heterocycles. The van der Waals surface area contributed by atoms with Gasteiger partial charge in [0.25, 0.3) is 0 Å². The Balaban J connectivity index is 2.34. The van der Waals surface area contributed by atoms with Crippen LogP contribution in [0.4, 0.5) is 0 Å². The van der Waals surface area contributed by atoms with Crippen molar-refractivity contribution in [1.29, 1.82) is 0 Å². The first kappa shape index (κ1) is 7.18. The summed E-state index contributed by atoms with van der Waals surface area (Å²) in [5, 5.41) is 7.69. The van der Waals surface area contributed by atoms with Gasteiger partial charge in [-0.1, -0.05) is 0 Å². The van der Waals surface area contributed by atoms with E-state index in [4.69, 9.17) is 0 Å². The number of aromatic nitrogens is 4. The van der Waals surface area contributed by atoms with E-state index in [-0.39, 0.29) is 0 Å². The smallest absolute Gasteiger partial charge is 0.136 e. The maximum atomic E-state index is 11.5. The molecule has 2 heterocycles. The van der Waals surface area contributed by atoms with Crippen molar-refractivity contribution in [2.24, 2.45) is 0 Å². The largest absolute Gasteiger partial charge is 0.639 e. The molecule has 6 heteroatoms. The zero-order valence-electron chi connectivity index (χ0n) is 6.11. The van der Waals surface area contributed by atoms with E-state index in [0.29, 0.717) is 0 Å². The van der Waals surface area contributed by atoms with Gasteiger partial charge in [0.1, 0.15) is 0 Å². The summed E-state index contributed by atoms with van der Waals surface area (Å²) < 4.78 is 14.2. The lowest BCUT2D eigenvalue weighted by Crippen LogP contribution is -1.95. The summed E-state index contributed by atoms with van der Waals surface area (Å²) in [7, 11) is -1.74. The second kappa shape index (κ2) is 2.87. The number of rotatable bonds is 2. The predicted molar refractivity (Wildman–Crippen MR) is 42.9 cm³/mol. The van der Waals surface area contributed by atoms with E-state index in [2.05, 4.69) is 10.2 Å². The van der Waals surface area contributed by atoms with Crippen LogP contribution in [0.1, 0.15) is 0 Å². The van der Waals surface area contributed by atoms with Gasteiger partial charge in [0.15, 0.2) is 0 Å². The quantitative estimate of drug-likeness (QED) is 0.652. The van der Waals surface area contributed by atoms with Gasteiger partial charge in [0, 0.05) is 0 Å². The lowest BCUT2D eigenvalue weighted by molar-refractivity contribution is 0.567. The van der Waals surface area contributed by atoms with Crippen LogP contribution in [0.5, 0.6) is 0 Å². The fourth-order valence-electron chi connectivity index (χ4n) is 0.818. The fourth-order valence-corrected chi connectivity index (χ4v) is 1.68. The third kappa shape index (κ3) is 1.14. The van der Waals surface area contributed by atoms with Gasteiger partial charge in [0.2, 0.25) is 0 Å². The Bertz CT molecular complexity index is 330. The molecule has 60 valence electrons. The molecule has 2 aromatic rings. The van der Waals surface area contributed by atoms with Gasteiger partial charge in [-0.2, -0.15) is 0 Å². The van der Waals surface area contributed by atoms with Crippen molar-refractivity contribution in [1.82, 2.24) is 19.1 Å². The summed E-state index contributed by atoms with van der Waals surface area (Å²) in [4.78, 5) is 0. The Morgan fingerprint density at radius 3 is 1.83 bits per heavy atom. The van der Waals surface area contributed by atoms with Crippen LogP contribution in [0.15, 0.2) is 36.9 Å². The zero-order chi connectivity index (χ0) is 8.39. The molecule has 0 fully saturated rings. The lowest BCUT2D eigenvalue weighted by Gasteiger charge is -1.82. The highest BCUT2D eigenvalue weighted by molar-refractivity contribution is 7.40. The summed E-state index contributed by atoms with van der Waals surface area (Å²) in [6.45, 7) is 0. The Hall–Kier alpha value is -1.48. The number of hydrogen-bond acceptors (Lipinski definition) is 3. The van der Waals surface area contributed by atoms with Crippen LogP contribution in [0, 0.1) is 0 Å². The normalized spacial score (nSPS) is 10.0. The summed E-state index contributed by atoms with van der Waals surface area (Å²) >= 11 is 0. The maximum absolute atomic E-state index is 11.5. The van der Waals surface area contributed by atoms with Crippen LogP contribution >= 0.6 is 8.10 Å². The number of nitrogens with zero attached hydrogens (tertiary/aromatic N) is 4. The second-order valence-corrected chi connectivity index (χ2v) is 3.43. The average molecular weight is 181 g/mol. The minimum absolute atomic E-state index is 1.36. The van der Waals surface area contributed by atoms with Crippen LogP contribution in [0.3, 0.4) is 0 Å². The third-order valence-corrected chi connectivity index (χ3v) is 2.51. The highest BCUT2D eigenvalue weighted by Gasteiger charge is 2.22. The molecule has 12 heavy (non-hydrogen) atoms. The molecule has 0 saturated carbocycles. The second-order valence-electron chi connectivity index (χ2n) is 2.11. The molecule has 0 aromatic carbocycles. The first-order valence-electron chi connectivity index (χ1n) is 3.35. The molecule has 5 nitrogen and oxygen atoms in total. The van der Waals surface area contributed by atoms with Gasteiger partial charge in [-0.05, 0) is 25.6 Å². The Morgan fingerprint density at radius 1 is 1.00 bits per heavy atom.